The maximum Gasteiger partial charge on any atom is 0.274 e. The van der Waals surface area contributed by atoms with E-state index in [1.165, 1.54) is 12.1 Å². The number of carbonyl (C=O) groups is 1. The summed E-state index contributed by atoms with van der Waals surface area (Å²) in [5, 5.41) is 0. The number of hydrogen-bond donors (Lipinski definition) is 0. The van der Waals surface area contributed by atoms with Gasteiger partial charge in [-0.05, 0) is 42.7 Å². The Balaban J connectivity index is 1.58. The standard InChI is InChI=1S/C21H20FN3O/c22-17-10-8-15(9-11-17)16-5-3-4-12-25(14-16)21(26)20-13-23-18-6-1-2-7-19(18)24-20/h1-2,6-11,13,16H,3-5,12,14H2. The van der Waals surface area contributed by atoms with Gasteiger partial charge in [-0.25, -0.2) is 9.37 Å². The van der Waals surface area contributed by atoms with Gasteiger partial charge in [0.1, 0.15) is 11.5 Å². The summed E-state index contributed by atoms with van der Waals surface area (Å²) < 4.78 is 13.2. The van der Waals surface area contributed by atoms with Crippen LogP contribution in [0.5, 0.6) is 0 Å². The van der Waals surface area contributed by atoms with Crippen LogP contribution in [-0.2, 0) is 0 Å². The van der Waals surface area contributed by atoms with Crippen LogP contribution in [0.15, 0.2) is 54.7 Å². The lowest BCUT2D eigenvalue weighted by molar-refractivity contribution is 0.0748. The second-order valence-electron chi connectivity index (χ2n) is 6.74. The first-order chi connectivity index (χ1) is 12.7. The summed E-state index contributed by atoms with van der Waals surface area (Å²) in [6.45, 7) is 1.34. The van der Waals surface area contributed by atoms with Crippen LogP contribution in [0.1, 0.15) is 41.2 Å². The highest BCUT2D eigenvalue weighted by Gasteiger charge is 2.25. The van der Waals surface area contributed by atoms with Crippen molar-refractivity contribution in [2.45, 2.75) is 25.2 Å². The Morgan fingerprint density at radius 1 is 1.04 bits per heavy atom. The molecule has 0 bridgehead atoms. The fourth-order valence-electron chi connectivity index (χ4n) is 3.56. The van der Waals surface area contributed by atoms with Crippen LogP contribution in [0.25, 0.3) is 11.0 Å². The number of nitrogens with zero attached hydrogens (tertiary/aromatic N) is 3. The molecule has 0 saturated carbocycles. The minimum atomic E-state index is -0.234. The first kappa shape index (κ1) is 16.6. The van der Waals surface area contributed by atoms with Crippen molar-refractivity contribution in [2.75, 3.05) is 13.1 Å². The molecule has 5 heteroatoms. The van der Waals surface area contributed by atoms with Gasteiger partial charge in [-0.15, -0.1) is 0 Å². The fraction of sp³-hybridized carbons (Fsp3) is 0.286. The van der Waals surface area contributed by atoms with Gasteiger partial charge in [-0.1, -0.05) is 30.7 Å². The average Bonchev–Trinajstić information content (AvgIpc) is 2.94. The summed E-state index contributed by atoms with van der Waals surface area (Å²) in [5.74, 6) is -0.102. The van der Waals surface area contributed by atoms with Gasteiger partial charge < -0.3 is 4.90 Å². The topological polar surface area (TPSA) is 46.1 Å². The summed E-state index contributed by atoms with van der Waals surface area (Å²) in [4.78, 5) is 23.7. The molecule has 1 saturated heterocycles. The smallest absolute Gasteiger partial charge is 0.274 e. The van der Waals surface area contributed by atoms with E-state index in [-0.39, 0.29) is 17.6 Å². The van der Waals surface area contributed by atoms with Gasteiger partial charge >= 0.3 is 0 Å². The predicted octanol–water partition coefficient (Wildman–Crippen LogP) is 4.18. The molecule has 26 heavy (non-hydrogen) atoms. The molecular weight excluding hydrogens is 329 g/mol. The molecule has 132 valence electrons. The number of rotatable bonds is 2. The Hall–Kier alpha value is -2.82. The summed E-state index contributed by atoms with van der Waals surface area (Å²) in [6.07, 6.45) is 4.57. The lowest BCUT2D eigenvalue weighted by atomic mass is 9.94. The van der Waals surface area contributed by atoms with Crippen LogP contribution in [0, 0.1) is 5.82 Å². The Morgan fingerprint density at radius 3 is 2.62 bits per heavy atom. The third-order valence-corrected chi connectivity index (χ3v) is 4.97. The Morgan fingerprint density at radius 2 is 1.81 bits per heavy atom. The van der Waals surface area contributed by atoms with Gasteiger partial charge in [0.25, 0.3) is 5.91 Å². The van der Waals surface area contributed by atoms with Crippen molar-refractivity contribution in [3.63, 3.8) is 0 Å². The number of aromatic nitrogens is 2. The van der Waals surface area contributed by atoms with Crippen LogP contribution >= 0.6 is 0 Å². The molecule has 1 amide bonds. The predicted molar refractivity (Wildman–Crippen MR) is 98.4 cm³/mol. The van der Waals surface area contributed by atoms with Gasteiger partial charge in [0.05, 0.1) is 17.2 Å². The van der Waals surface area contributed by atoms with E-state index in [0.717, 1.165) is 35.9 Å². The SMILES string of the molecule is O=C(c1cnc2ccccc2n1)N1CCCCC(c2ccc(F)cc2)C1. The van der Waals surface area contributed by atoms with Crippen molar-refractivity contribution in [3.05, 3.63) is 71.8 Å². The van der Waals surface area contributed by atoms with E-state index in [1.54, 1.807) is 6.20 Å². The van der Waals surface area contributed by atoms with E-state index >= 15 is 0 Å². The molecule has 0 radical (unpaired) electrons. The maximum absolute atomic E-state index is 13.2. The molecule has 1 unspecified atom stereocenters. The lowest BCUT2D eigenvalue weighted by Crippen LogP contribution is -2.34. The van der Waals surface area contributed by atoms with E-state index < -0.39 is 0 Å². The van der Waals surface area contributed by atoms with Crippen LogP contribution in [0.4, 0.5) is 4.39 Å². The lowest BCUT2D eigenvalue weighted by Gasteiger charge is -2.24. The molecule has 0 aliphatic carbocycles. The van der Waals surface area contributed by atoms with Crippen molar-refractivity contribution < 1.29 is 9.18 Å². The zero-order valence-electron chi connectivity index (χ0n) is 14.4. The number of para-hydroxylation sites is 2. The van der Waals surface area contributed by atoms with Crippen molar-refractivity contribution in [1.29, 1.82) is 0 Å². The van der Waals surface area contributed by atoms with E-state index in [4.69, 9.17) is 0 Å². The monoisotopic (exact) mass is 349 g/mol. The van der Waals surface area contributed by atoms with Crippen LogP contribution < -0.4 is 0 Å². The average molecular weight is 349 g/mol. The third-order valence-electron chi connectivity index (χ3n) is 4.97. The molecule has 1 fully saturated rings. The first-order valence-electron chi connectivity index (χ1n) is 8.97. The Kier molecular flexibility index (Phi) is 4.61. The maximum atomic E-state index is 13.2. The van der Waals surface area contributed by atoms with E-state index in [0.29, 0.717) is 18.8 Å². The van der Waals surface area contributed by atoms with Gasteiger partial charge in [0, 0.05) is 19.0 Å². The van der Waals surface area contributed by atoms with Crippen LogP contribution in [0.3, 0.4) is 0 Å². The number of benzene rings is 2. The summed E-state index contributed by atoms with van der Waals surface area (Å²) in [7, 11) is 0. The first-order valence-corrected chi connectivity index (χ1v) is 8.97. The second-order valence-corrected chi connectivity index (χ2v) is 6.74. The van der Waals surface area contributed by atoms with Crippen molar-refractivity contribution in [1.82, 2.24) is 14.9 Å². The molecule has 4 rings (SSSR count). The number of fused-ring (bicyclic) bond motifs is 1. The molecule has 4 nitrogen and oxygen atoms in total. The van der Waals surface area contributed by atoms with Crippen molar-refractivity contribution in [3.8, 4) is 0 Å². The normalized spacial score (nSPS) is 17.9. The largest absolute Gasteiger partial charge is 0.337 e. The number of halogens is 1. The van der Waals surface area contributed by atoms with Crippen LogP contribution in [0.2, 0.25) is 0 Å². The highest BCUT2D eigenvalue weighted by molar-refractivity contribution is 5.93. The summed E-state index contributed by atoms with van der Waals surface area (Å²) >= 11 is 0. The van der Waals surface area contributed by atoms with Crippen LogP contribution in [-0.4, -0.2) is 33.9 Å². The molecule has 2 aromatic carbocycles. The molecule has 0 N–H and O–H groups in total. The zero-order valence-corrected chi connectivity index (χ0v) is 14.4. The Bertz CT molecular complexity index is 926. The molecule has 1 aliphatic heterocycles. The van der Waals surface area contributed by atoms with E-state index in [2.05, 4.69) is 9.97 Å². The number of hydrogen-bond acceptors (Lipinski definition) is 3. The highest BCUT2D eigenvalue weighted by atomic mass is 19.1. The molecule has 1 atom stereocenters. The third kappa shape index (κ3) is 3.43. The van der Waals surface area contributed by atoms with Gasteiger partial charge in [-0.3, -0.25) is 9.78 Å². The van der Waals surface area contributed by atoms with Crippen molar-refractivity contribution in [2.24, 2.45) is 0 Å². The minimum Gasteiger partial charge on any atom is -0.337 e. The number of carbonyl (C=O) groups excluding carboxylic acids is 1. The fourth-order valence-corrected chi connectivity index (χ4v) is 3.56. The van der Waals surface area contributed by atoms with Gasteiger partial charge in [0.15, 0.2) is 0 Å². The molecule has 3 aromatic rings. The highest BCUT2D eigenvalue weighted by Crippen LogP contribution is 2.27. The summed E-state index contributed by atoms with van der Waals surface area (Å²) in [5.41, 5.74) is 2.96. The minimum absolute atomic E-state index is 0.0859. The Labute approximate surface area is 151 Å². The second kappa shape index (κ2) is 7.20. The molecule has 1 aromatic heterocycles. The molecule has 0 spiro atoms. The summed E-state index contributed by atoms with van der Waals surface area (Å²) in [6, 6.07) is 14.2. The van der Waals surface area contributed by atoms with E-state index in [9.17, 15) is 9.18 Å². The molecule has 2 heterocycles. The number of amides is 1. The molecular formula is C21H20FN3O. The van der Waals surface area contributed by atoms with Gasteiger partial charge in [-0.2, -0.15) is 0 Å². The van der Waals surface area contributed by atoms with Gasteiger partial charge in [0.2, 0.25) is 0 Å². The molecule has 1 aliphatic rings. The quantitative estimate of drug-likeness (QED) is 0.697. The van der Waals surface area contributed by atoms with E-state index in [1.807, 2.05) is 41.3 Å². The zero-order chi connectivity index (χ0) is 17.9. The number of likely N-dealkylation sites (tertiary alicyclic amines) is 1. The van der Waals surface area contributed by atoms with Crippen molar-refractivity contribution >= 4 is 16.9 Å².